The third-order valence-corrected chi connectivity index (χ3v) is 7.46. The molecule has 13 N–H and O–H groups in total. The Bertz CT molecular complexity index is 1520. The molecule has 0 aliphatic carbocycles. The standard InChI is InChI=1S/C29H41N9O8/c1-13(34-26(43)21(36-27(44)23(30)15(3)39)8-16-6-7-38(12-16)29(31)32)24(41)33-14(2)25(42)37-22(28(45)46)10-18-9-17-4-5-19(40)11-20(17)35-18/h4-6,9,11,13-15,21-23,35,39-40H,7-8,10,12,30H2,1-3H3,(H3,31,32)(H,33,41)(H,34,43)(H,36,44)(H,37,42)(H,45,46). The Labute approximate surface area is 264 Å². The number of phenolic OH excluding ortho intramolecular Hbond substituents is 1. The van der Waals surface area contributed by atoms with Crippen LogP contribution in [-0.2, 0) is 30.4 Å². The van der Waals surface area contributed by atoms with Gasteiger partial charge in [-0.2, -0.15) is 0 Å². The highest BCUT2D eigenvalue weighted by atomic mass is 16.4. The number of carboxylic acids is 1. The predicted molar refractivity (Wildman–Crippen MR) is 166 cm³/mol. The van der Waals surface area contributed by atoms with Crippen molar-refractivity contribution < 1.29 is 39.3 Å². The number of H-pyrrole nitrogens is 1. The summed E-state index contributed by atoms with van der Waals surface area (Å²) in [6.45, 7) is 4.62. The molecule has 17 nitrogen and oxygen atoms in total. The molecule has 3 rings (SSSR count). The van der Waals surface area contributed by atoms with E-state index in [9.17, 15) is 39.3 Å². The molecular weight excluding hydrogens is 602 g/mol. The molecule has 1 aromatic carbocycles. The van der Waals surface area contributed by atoms with E-state index in [1.807, 2.05) is 0 Å². The van der Waals surface area contributed by atoms with Crippen molar-refractivity contribution in [1.82, 2.24) is 31.2 Å². The Morgan fingerprint density at radius 2 is 1.54 bits per heavy atom. The number of fused-ring (bicyclic) bond motifs is 1. The highest BCUT2D eigenvalue weighted by molar-refractivity contribution is 5.95. The lowest BCUT2D eigenvalue weighted by molar-refractivity contribution is -0.142. The van der Waals surface area contributed by atoms with Crippen LogP contribution >= 0.6 is 0 Å². The van der Waals surface area contributed by atoms with Crippen LogP contribution in [-0.4, -0.2) is 110 Å². The molecule has 17 heteroatoms. The summed E-state index contributed by atoms with van der Waals surface area (Å²) in [5.74, 6) is -4.51. The van der Waals surface area contributed by atoms with Crippen LogP contribution in [0.5, 0.6) is 5.75 Å². The number of benzene rings is 1. The van der Waals surface area contributed by atoms with Gasteiger partial charge in [0.2, 0.25) is 23.6 Å². The Kier molecular flexibility index (Phi) is 11.7. The van der Waals surface area contributed by atoms with E-state index < -0.39 is 65.9 Å². The molecule has 0 fully saturated rings. The van der Waals surface area contributed by atoms with Crippen LogP contribution in [0.4, 0.5) is 0 Å². The van der Waals surface area contributed by atoms with Crippen molar-refractivity contribution in [2.24, 2.45) is 11.5 Å². The minimum absolute atomic E-state index is 0.00907. The van der Waals surface area contributed by atoms with Gasteiger partial charge in [0.05, 0.1) is 6.10 Å². The van der Waals surface area contributed by atoms with Gasteiger partial charge in [-0.25, -0.2) is 4.79 Å². The van der Waals surface area contributed by atoms with Crippen LogP contribution in [0.3, 0.4) is 0 Å². The van der Waals surface area contributed by atoms with Gasteiger partial charge in [0.15, 0.2) is 5.96 Å². The van der Waals surface area contributed by atoms with Crippen LogP contribution in [0.1, 0.15) is 32.9 Å². The number of rotatable bonds is 14. The lowest BCUT2D eigenvalue weighted by Crippen LogP contribution is -2.58. The SMILES string of the molecule is CC(NC(=O)C(C)NC(=O)C(CC1=CCN(C(=N)N)C1)NC(=O)C(N)C(C)O)C(=O)NC(Cc1cc2ccc(O)cc2[nH]1)C(=O)O. The molecule has 6 unspecified atom stereocenters. The van der Waals surface area contributed by atoms with Crippen molar-refractivity contribution in [3.8, 4) is 5.75 Å². The van der Waals surface area contributed by atoms with Gasteiger partial charge in [-0.1, -0.05) is 11.6 Å². The van der Waals surface area contributed by atoms with E-state index in [1.165, 1.54) is 37.8 Å². The van der Waals surface area contributed by atoms with Crippen LogP contribution in [0.15, 0.2) is 35.9 Å². The minimum Gasteiger partial charge on any atom is -0.508 e. The number of nitrogens with zero attached hydrogens (tertiary/aromatic N) is 1. The van der Waals surface area contributed by atoms with Gasteiger partial charge in [0.25, 0.3) is 0 Å². The minimum atomic E-state index is -1.34. The second kappa shape index (κ2) is 15.2. The van der Waals surface area contributed by atoms with E-state index >= 15 is 0 Å². The summed E-state index contributed by atoms with van der Waals surface area (Å²) in [5.41, 5.74) is 13.0. The number of nitrogens with one attached hydrogen (secondary N) is 6. The molecule has 0 bridgehead atoms. The molecule has 0 radical (unpaired) electrons. The Morgan fingerprint density at radius 1 is 0.935 bits per heavy atom. The molecule has 1 aromatic heterocycles. The predicted octanol–water partition coefficient (Wildman–Crippen LogP) is -2.29. The van der Waals surface area contributed by atoms with Crippen molar-refractivity contribution in [3.05, 3.63) is 41.6 Å². The first-order chi connectivity index (χ1) is 21.5. The summed E-state index contributed by atoms with van der Waals surface area (Å²) >= 11 is 0. The topological polar surface area (TPSA) is 289 Å². The van der Waals surface area contributed by atoms with E-state index in [0.717, 1.165) is 5.39 Å². The average Bonchev–Trinajstić information content (AvgIpc) is 3.62. The first-order valence-electron chi connectivity index (χ1n) is 14.5. The third kappa shape index (κ3) is 9.42. The highest BCUT2D eigenvalue weighted by Gasteiger charge is 2.31. The molecule has 0 spiro atoms. The summed E-state index contributed by atoms with van der Waals surface area (Å²) in [7, 11) is 0. The molecule has 0 saturated carbocycles. The van der Waals surface area contributed by atoms with Crippen LogP contribution < -0.4 is 32.7 Å². The van der Waals surface area contributed by atoms with Gasteiger partial charge in [-0.15, -0.1) is 0 Å². The molecule has 1 aliphatic rings. The lowest BCUT2D eigenvalue weighted by Gasteiger charge is -2.25. The smallest absolute Gasteiger partial charge is 0.326 e. The zero-order valence-electron chi connectivity index (χ0n) is 25.7. The van der Waals surface area contributed by atoms with Crippen molar-refractivity contribution in [2.45, 2.75) is 69.9 Å². The van der Waals surface area contributed by atoms with Crippen LogP contribution in [0.25, 0.3) is 10.9 Å². The fraction of sp³-hybridized carbons (Fsp3) is 0.448. The number of carbonyl (C=O) groups is 5. The number of nitrogens with two attached hydrogens (primary N) is 2. The second-order valence-corrected chi connectivity index (χ2v) is 11.3. The molecule has 2 aromatic rings. The maximum atomic E-state index is 13.2. The molecule has 2 heterocycles. The molecule has 1 aliphatic heterocycles. The van der Waals surface area contributed by atoms with Crippen LogP contribution in [0, 0.1) is 5.41 Å². The number of hydrogen-bond donors (Lipinski definition) is 11. The van der Waals surface area contributed by atoms with Crippen molar-refractivity contribution >= 4 is 46.5 Å². The largest absolute Gasteiger partial charge is 0.508 e. The van der Waals surface area contributed by atoms with Gasteiger partial charge < -0.3 is 57.9 Å². The molecule has 46 heavy (non-hydrogen) atoms. The molecule has 6 atom stereocenters. The number of amides is 4. The molecule has 0 saturated heterocycles. The quantitative estimate of drug-likeness (QED) is 0.0592. The number of aliphatic carboxylic acids is 1. The van der Waals surface area contributed by atoms with Gasteiger partial charge in [-0.3, -0.25) is 24.6 Å². The van der Waals surface area contributed by atoms with E-state index in [0.29, 0.717) is 23.3 Å². The number of aliphatic hydroxyl groups excluding tert-OH is 1. The van der Waals surface area contributed by atoms with Gasteiger partial charge in [0.1, 0.15) is 36.0 Å². The molecule has 4 amide bonds. The summed E-state index contributed by atoms with van der Waals surface area (Å²) in [4.78, 5) is 67.9. The van der Waals surface area contributed by atoms with Gasteiger partial charge in [0, 0.05) is 36.8 Å². The highest BCUT2D eigenvalue weighted by Crippen LogP contribution is 2.21. The van der Waals surface area contributed by atoms with E-state index in [2.05, 4.69) is 26.3 Å². The monoisotopic (exact) mass is 643 g/mol. The molecule has 250 valence electrons. The van der Waals surface area contributed by atoms with Crippen molar-refractivity contribution in [2.75, 3.05) is 13.1 Å². The molecular formula is C29H41N9O8. The maximum absolute atomic E-state index is 13.2. The average molecular weight is 644 g/mol. The number of guanidine groups is 1. The van der Waals surface area contributed by atoms with Gasteiger partial charge in [-0.05, 0) is 50.8 Å². The normalized spacial score (nSPS) is 16.7. The number of carboxylic acid groups (broad SMARTS) is 1. The Balaban J connectivity index is 1.60. The first-order valence-corrected chi connectivity index (χ1v) is 14.5. The van der Waals surface area contributed by atoms with Crippen molar-refractivity contribution in [1.29, 1.82) is 5.41 Å². The van der Waals surface area contributed by atoms with E-state index in [1.54, 1.807) is 18.2 Å². The maximum Gasteiger partial charge on any atom is 0.326 e. The summed E-state index contributed by atoms with van der Waals surface area (Å²) < 4.78 is 0. The Morgan fingerprint density at radius 3 is 2.13 bits per heavy atom. The number of aromatic nitrogens is 1. The van der Waals surface area contributed by atoms with Gasteiger partial charge >= 0.3 is 5.97 Å². The van der Waals surface area contributed by atoms with Crippen LogP contribution in [0.2, 0.25) is 0 Å². The fourth-order valence-electron chi connectivity index (χ4n) is 4.69. The number of carbonyl (C=O) groups excluding carboxylic acids is 4. The number of phenols is 1. The first kappa shape index (κ1) is 35.3. The number of aliphatic hydroxyl groups is 1. The number of aromatic hydroxyl groups is 1. The fourth-order valence-corrected chi connectivity index (χ4v) is 4.69. The second-order valence-electron chi connectivity index (χ2n) is 11.3. The number of hydrogen-bond acceptors (Lipinski definition) is 9. The Hall–Kier alpha value is -5.16. The van der Waals surface area contributed by atoms with Crippen molar-refractivity contribution in [3.63, 3.8) is 0 Å². The summed E-state index contributed by atoms with van der Waals surface area (Å²) in [5, 5.41) is 47.2. The summed E-state index contributed by atoms with van der Waals surface area (Å²) in [6.07, 6.45) is 0.467. The zero-order valence-corrected chi connectivity index (χ0v) is 25.7. The third-order valence-electron chi connectivity index (χ3n) is 7.46. The summed E-state index contributed by atoms with van der Waals surface area (Å²) in [6, 6.07) is 0.104. The number of aromatic amines is 1. The van der Waals surface area contributed by atoms with E-state index in [4.69, 9.17) is 16.9 Å². The lowest BCUT2D eigenvalue weighted by atomic mass is 10.0. The zero-order chi connectivity index (χ0) is 34.3. The van der Waals surface area contributed by atoms with E-state index in [-0.39, 0.29) is 31.1 Å².